The lowest BCUT2D eigenvalue weighted by Gasteiger charge is -2.07. The first-order valence-corrected chi connectivity index (χ1v) is 5.70. The van der Waals surface area contributed by atoms with Crippen LogP contribution >= 0.6 is 0 Å². The molecule has 0 fully saturated rings. The van der Waals surface area contributed by atoms with Gasteiger partial charge in [0.25, 0.3) is 5.69 Å². The Labute approximate surface area is 110 Å². The number of hydrogen-bond donors (Lipinski definition) is 1. The summed E-state index contributed by atoms with van der Waals surface area (Å²) in [6.07, 6.45) is 1.62. The van der Waals surface area contributed by atoms with Crippen LogP contribution in [0, 0.1) is 10.1 Å². The van der Waals surface area contributed by atoms with Crippen LogP contribution in [0.25, 0.3) is 0 Å². The molecule has 1 aromatic heterocycles. The molecule has 98 valence electrons. The molecule has 2 aromatic rings. The van der Waals surface area contributed by atoms with Crippen molar-refractivity contribution in [1.82, 2.24) is 4.98 Å². The molecule has 0 saturated carbocycles. The molecule has 0 saturated heterocycles. The molecular weight excluding hydrogens is 246 g/mol. The number of nitrogens with two attached hydrogens (primary N) is 1. The van der Waals surface area contributed by atoms with Gasteiger partial charge in [-0.1, -0.05) is 12.1 Å². The highest BCUT2D eigenvalue weighted by molar-refractivity contribution is 5.39. The van der Waals surface area contributed by atoms with E-state index in [0.717, 1.165) is 5.56 Å². The third-order valence-corrected chi connectivity index (χ3v) is 2.54. The number of nitrogens with zero attached hydrogens (tertiary/aromatic N) is 2. The zero-order chi connectivity index (χ0) is 13.8. The van der Waals surface area contributed by atoms with E-state index in [2.05, 4.69) is 4.98 Å². The Kier molecular flexibility index (Phi) is 3.72. The summed E-state index contributed by atoms with van der Waals surface area (Å²) in [6.45, 7) is 1.86. The SMILES string of the molecule is C[C@@H](N)c1ccc(Oc2cccc([N+](=O)[O-])c2)nc1. The van der Waals surface area contributed by atoms with Crippen molar-refractivity contribution >= 4 is 5.69 Å². The molecule has 19 heavy (non-hydrogen) atoms. The standard InChI is InChI=1S/C13H13N3O3/c1-9(14)10-5-6-13(15-8-10)19-12-4-2-3-11(7-12)16(17)18/h2-9H,14H2,1H3/t9-/m1/s1. The molecule has 0 aliphatic heterocycles. The summed E-state index contributed by atoms with van der Waals surface area (Å²) >= 11 is 0. The lowest BCUT2D eigenvalue weighted by Crippen LogP contribution is -2.05. The van der Waals surface area contributed by atoms with Gasteiger partial charge in [-0.3, -0.25) is 10.1 Å². The number of rotatable bonds is 4. The summed E-state index contributed by atoms with van der Waals surface area (Å²) < 4.78 is 5.45. The first-order valence-electron chi connectivity index (χ1n) is 5.70. The van der Waals surface area contributed by atoms with Crippen LogP contribution in [0.3, 0.4) is 0 Å². The molecule has 0 unspecified atom stereocenters. The van der Waals surface area contributed by atoms with Crippen LogP contribution < -0.4 is 10.5 Å². The van der Waals surface area contributed by atoms with Gasteiger partial charge in [-0.15, -0.1) is 0 Å². The van der Waals surface area contributed by atoms with E-state index in [0.29, 0.717) is 11.6 Å². The van der Waals surface area contributed by atoms with E-state index >= 15 is 0 Å². The molecule has 6 nitrogen and oxygen atoms in total. The smallest absolute Gasteiger partial charge is 0.273 e. The molecule has 0 amide bonds. The number of aromatic nitrogens is 1. The molecule has 0 radical (unpaired) electrons. The van der Waals surface area contributed by atoms with Crippen molar-refractivity contribution in [3.63, 3.8) is 0 Å². The Morgan fingerprint density at radius 3 is 2.74 bits per heavy atom. The monoisotopic (exact) mass is 259 g/mol. The quantitative estimate of drug-likeness (QED) is 0.673. The fraction of sp³-hybridized carbons (Fsp3) is 0.154. The molecule has 1 aromatic carbocycles. The van der Waals surface area contributed by atoms with Gasteiger partial charge in [-0.05, 0) is 18.6 Å². The molecule has 2 rings (SSSR count). The Morgan fingerprint density at radius 2 is 2.16 bits per heavy atom. The van der Waals surface area contributed by atoms with Gasteiger partial charge >= 0.3 is 0 Å². The Balaban J connectivity index is 2.16. The van der Waals surface area contributed by atoms with Crippen molar-refractivity contribution in [3.8, 4) is 11.6 Å². The second-order valence-corrected chi connectivity index (χ2v) is 4.07. The summed E-state index contributed by atoms with van der Waals surface area (Å²) in [5, 5.41) is 10.6. The van der Waals surface area contributed by atoms with E-state index in [1.165, 1.54) is 12.1 Å². The lowest BCUT2D eigenvalue weighted by atomic mass is 10.2. The fourth-order valence-electron chi connectivity index (χ4n) is 1.50. The summed E-state index contributed by atoms with van der Waals surface area (Å²) in [5.74, 6) is 0.736. The molecule has 1 heterocycles. The summed E-state index contributed by atoms with van der Waals surface area (Å²) in [5.41, 5.74) is 6.59. The van der Waals surface area contributed by atoms with Crippen LogP contribution in [0.5, 0.6) is 11.6 Å². The molecule has 0 aliphatic rings. The average Bonchev–Trinajstić information content (AvgIpc) is 2.39. The minimum atomic E-state index is -0.473. The van der Waals surface area contributed by atoms with Gasteiger partial charge in [0.1, 0.15) is 5.75 Å². The summed E-state index contributed by atoms with van der Waals surface area (Å²) in [4.78, 5) is 14.3. The van der Waals surface area contributed by atoms with Crippen molar-refractivity contribution in [3.05, 3.63) is 58.3 Å². The summed E-state index contributed by atoms with van der Waals surface area (Å²) in [7, 11) is 0. The van der Waals surface area contributed by atoms with E-state index in [1.807, 2.05) is 13.0 Å². The number of hydrogen-bond acceptors (Lipinski definition) is 5. The van der Waals surface area contributed by atoms with E-state index < -0.39 is 4.92 Å². The number of pyridine rings is 1. The molecule has 6 heteroatoms. The number of nitro benzene ring substituents is 1. The van der Waals surface area contributed by atoms with E-state index in [9.17, 15) is 10.1 Å². The van der Waals surface area contributed by atoms with Gasteiger partial charge in [0.05, 0.1) is 11.0 Å². The molecule has 1 atom stereocenters. The Bertz CT molecular complexity index is 582. The van der Waals surface area contributed by atoms with Crippen LogP contribution in [-0.2, 0) is 0 Å². The lowest BCUT2D eigenvalue weighted by molar-refractivity contribution is -0.384. The van der Waals surface area contributed by atoms with E-state index in [4.69, 9.17) is 10.5 Å². The number of benzene rings is 1. The van der Waals surface area contributed by atoms with Crippen LogP contribution in [0.1, 0.15) is 18.5 Å². The largest absolute Gasteiger partial charge is 0.439 e. The highest BCUT2D eigenvalue weighted by Crippen LogP contribution is 2.24. The second kappa shape index (κ2) is 5.45. The fourth-order valence-corrected chi connectivity index (χ4v) is 1.50. The third kappa shape index (κ3) is 3.26. The highest BCUT2D eigenvalue weighted by atomic mass is 16.6. The van der Waals surface area contributed by atoms with Crippen molar-refractivity contribution in [2.24, 2.45) is 5.73 Å². The van der Waals surface area contributed by atoms with E-state index in [-0.39, 0.29) is 11.7 Å². The van der Waals surface area contributed by atoms with Gasteiger partial charge in [0.15, 0.2) is 0 Å². The maximum Gasteiger partial charge on any atom is 0.273 e. The maximum atomic E-state index is 10.6. The minimum absolute atomic E-state index is 0.0234. The number of non-ortho nitro benzene ring substituents is 1. The van der Waals surface area contributed by atoms with Crippen LogP contribution in [0.2, 0.25) is 0 Å². The normalized spacial score (nSPS) is 11.9. The maximum absolute atomic E-state index is 10.6. The molecule has 0 spiro atoms. The van der Waals surface area contributed by atoms with Gasteiger partial charge in [0.2, 0.25) is 5.88 Å². The highest BCUT2D eigenvalue weighted by Gasteiger charge is 2.07. The first kappa shape index (κ1) is 13.0. The number of nitro groups is 1. The third-order valence-electron chi connectivity index (χ3n) is 2.54. The zero-order valence-corrected chi connectivity index (χ0v) is 10.3. The molecule has 0 aliphatic carbocycles. The van der Waals surface area contributed by atoms with Crippen molar-refractivity contribution in [1.29, 1.82) is 0 Å². The van der Waals surface area contributed by atoms with Crippen molar-refractivity contribution in [2.75, 3.05) is 0 Å². The zero-order valence-electron chi connectivity index (χ0n) is 10.3. The van der Waals surface area contributed by atoms with Gasteiger partial charge in [-0.2, -0.15) is 0 Å². The second-order valence-electron chi connectivity index (χ2n) is 4.07. The Hall–Kier alpha value is -2.47. The average molecular weight is 259 g/mol. The minimum Gasteiger partial charge on any atom is -0.439 e. The predicted molar refractivity (Wildman–Crippen MR) is 70.0 cm³/mol. The van der Waals surface area contributed by atoms with Gasteiger partial charge in [0, 0.05) is 24.4 Å². The van der Waals surface area contributed by atoms with E-state index in [1.54, 1.807) is 24.4 Å². The number of ether oxygens (including phenoxy) is 1. The van der Waals surface area contributed by atoms with Crippen LogP contribution in [0.15, 0.2) is 42.6 Å². The first-order chi connectivity index (χ1) is 9.06. The molecular formula is C13H13N3O3. The molecule has 0 bridgehead atoms. The topological polar surface area (TPSA) is 91.3 Å². The van der Waals surface area contributed by atoms with Crippen molar-refractivity contribution < 1.29 is 9.66 Å². The van der Waals surface area contributed by atoms with Crippen LogP contribution in [0.4, 0.5) is 5.69 Å². The van der Waals surface area contributed by atoms with Gasteiger partial charge < -0.3 is 10.5 Å². The summed E-state index contributed by atoms with van der Waals surface area (Å²) in [6, 6.07) is 9.33. The Morgan fingerprint density at radius 1 is 1.37 bits per heavy atom. The van der Waals surface area contributed by atoms with Gasteiger partial charge in [-0.25, -0.2) is 4.98 Å². The van der Waals surface area contributed by atoms with Crippen LogP contribution in [-0.4, -0.2) is 9.91 Å². The predicted octanol–water partition coefficient (Wildman–Crippen LogP) is 2.80. The molecule has 2 N–H and O–H groups in total. The van der Waals surface area contributed by atoms with Crippen molar-refractivity contribution in [2.45, 2.75) is 13.0 Å².